The number of aromatic nitrogens is 1. The molecule has 0 radical (unpaired) electrons. The van der Waals surface area contributed by atoms with Crippen LogP contribution >= 0.6 is 0 Å². The van der Waals surface area contributed by atoms with Crippen LogP contribution in [-0.2, 0) is 11.3 Å². The van der Waals surface area contributed by atoms with Gasteiger partial charge < -0.3 is 15.2 Å². The Labute approximate surface area is 159 Å². The number of para-hydroxylation sites is 1. The van der Waals surface area contributed by atoms with E-state index < -0.39 is 18.6 Å². The van der Waals surface area contributed by atoms with Crippen molar-refractivity contribution < 1.29 is 22.8 Å². The van der Waals surface area contributed by atoms with E-state index in [1.807, 2.05) is 41.8 Å². The maximum absolute atomic E-state index is 12.4. The van der Waals surface area contributed by atoms with E-state index in [4.69, 9.17) is 0 Å². The molecule has 5 nitrogen and oxygen atoms in total. The van der Waals surface area contributed by atoms with Crippen LogP contribution < -0.4 is 10.6 Å². The topological polar surface area (TPSA) is 63.1 Å². The molecule has 2 N–H and O–H groups in total. The smallest absolute Gasteiger partial charge is 0.343 e. The minimum atomic E-state index is -4.47. The third-order valence-electron chi connectivity index (χ3n) is 4.20. The molecule has 2 amide bonds. The second kappa shape index (κ2) is 7.75. The molecule has 0 fully saturated rings. The fraction of sp³-hybridized carbons (Fsp3) is 0.200. The minimum Gasteiger partial charge on any atom is -0.343 e. The number of carbonyl (C=O) groups is 2. The van der Waals surface area contributed by atoms with Gasteiger partial charge in [-0.25, -0.2) is 0 Å². The molecule has 2 aromatic carbocycles. The Kier molecular flexibility index (Phi) is 5.39. The summed E-state index contributed by atoms with van der Waals surface area (Å²) < 4.78 is 38.4. The number of halogens is 3. The number of anilines is 1. The zero-order valence-electron chi connectivity index (χ0n) is 15.0. The number of amides is 2. The summed E-state index contributed by atoms with van der Waals surface area (Å²) in [5.41, 5.74) is 2.43. The number of alkyl halides is 3. The number of carbonyl (C=O) groups excluding carboxylic acids is 2. The summed E-state index contributed by atoms with van der Waals surface area (Å²) in [6, 6.07) is 15.4. The molecule has 0 saturated carbocycles. The lowest BCUT2D eigenvalue weighted by Gasteiger charge is -2.11. The second-order valence-corrected chi connectivity index (χ2v) is 6.35. The summed E-state index contributed by atoms with van der Waals surface area (Å²) in [7, 11) is 0. The maximum Gasteiger partial charge on any atom is 0.405 e. The lowest BCUT2D eigenvalue weighted by molar-refractivity contribution is -0.123. The van der Waals surface area contributed by atoms with Gasteiger partial charge in [0.25, 0.3) is 5.91 Å². The van der Waals surface area contributed by atoms with Crippen LogP contribution in [0.2, 0.25) is 0 Å². The van der Waals surface area contributed by atoms with E-state index in [1.54, 1.807) is 5.32 Å². The summed E-state index contributed by atoms with van der Waals surface area (Å²) in [6.07, 6.45) is -4.47. The Morgan fingerprint density at radius 3 is 2.39 bits per heavy atom. The maximum atomic E-state index is 12.4. The van der Waals surface area contributed by atoms with E-state index in [9.17, 15) is 22.8 Å². The zero-order valence-corrected chi connectivity index (χ0v) is 15.0. The van der Waals surface area contributed by atoms with Gasteiger partial charge in [0.2, 0.25) is 5.91 Å². The van der Waals surface area contributed by atoms with E-state index in [2.05, 4.69) is 5.32 Å². The highest BCUT2D eigenvalue weighted by Crippen LogP contribution is 2.19. The van der Waals surface area contributed by atoms with Gasteiger partial charge in [0, 0.05) is 22.5 Å². The van der Waals surface area contributed by atoms with Gasteiger partial charge in [0.15, 0.2) is 0 Å². The van der Waals surface area contributed by atoms with Gasteiger partial charge in [-0.15, -0.1) is 0 Å². The number of fused-ring (bicyclic) bond motifs is 1. The molecule has 0 aliphatic carbocycles. The molecule has 8 heteroatoms. The highest BCUT2D eigenvalue weighted by molar-refractivity contribution is 5.96. The van der Waals surface area contributed by atoms with Crippen LogP contribution in [0.1, 0.15) is 16.1 Å². The van der Waals surface area contributed by atoms with Crippen molar-refractivity contribution in [3.63, 3.8) is 0 Å². The highest BCUT2D eigenvalue weighted by atomic mass is 19.4. The van der Waals surface area contributed by atoms with Gasteiger partial charge in [-0.2, -0.15) is 13.2 Å². The third kappa shape index (κ3) is 4.70. The van der Waals surface area contributed by atoms with E-state index in [1.165, 1.54) is 24.3 Å². The first-order valence-electron chi connectivity index (χ1n) is 8.53. The number of hydrogen-bond donors (Lipinski definition) is 2. The van der Waals surface area contributed by atoms with Gasteiger partial charge in [0.05, 0.1) is 0 Å². The van der Waals surface area contributed by atoms with Crippen molar-refractivity contribution >= 4 is 28.4 Å². The van der Waals surface area contributed by atoms with E-state index >= 15 is 0 Å². The Balaban J connectivity index is 1.63. The SMILES string of the molecule is Cc1cc2ccccc2n1CC(=O)Nc1ccc(C(=O)NCC(F)(F)F)cc1. The molecule has 0 bridgehead atoms. The van der Waals surface area contributed by atoms with Gasteiger partial charge in [-0.1, -0.05) is 18.2 Å². The largest absolute Gasteiger partial charge is 0.405 e. The molecule has 0 spiro atoms. The van der Waals surface area contributed by atoms with Gasteiger partial charge in [-0.3, -0.25) is 9.59 Å². The molecule has 146 valence electrons. The van der Waals surface area contributed by atoms with E-state index in [-0.39, 0.29) is 18.0 Å². The lowest BCUT2D eigenvalue weighted by atomic mass is 10.2. The highest BCUT2D eigenvalue weighted by Gasteiger charge is 2.27. The summed E-state index contributed by atoms with van der Waals surface area (Å²) in [5.74, 6) is -1.08. The van der Waals surface area contributed by atoms with Crippen molar-refractivity contribution in [3.8, 4) is 0 Å². The molecule has 0 aliphatic heterocycles. The molecule has 0 unspecified atom stereocenters. The van der Waals surface area contributed by atoms with Crippen LogP contribution in [0.5, 0.6) is 0 Å². The predicted molar refractivity (Wildman–Crippen MR) is 100 cm³/mol. The number of nitrogens with zero attached hydrogens (tertiary/aromatic N) is 1. The summed E-state index contributed by atoms with van der Waals surface area (Å²) in [6.45, 7) is 0.642. The molecule has 0 aliphatic rings. The lowest BCUT2D eigenvalue weighted by Crippen LogP contribution is -2.33. The van der Waals surface area contributed by atoms with Crippen molar-refractivity contribution in [2.24, 2.45) is 0 Å². The van der Waals surface area contributed by atoms with E-state index in [0.29, 0.717) is 5.69 Å². The minimum absolute atomic E-state index is 0.0782. The second-order valence-electron chi connectivity index (χ2n) is 6.35. The summed E-state index contributed by atoms with van der Waals surface area (Å²) in [4.78, 5) is 24.1. The van der Waals surface area contributed by atoms with Gasteiger partial charge >= 0.3 is 6.18 Å². The zero-order chi connectivity index (χ0) is 20.3. The van der Waals surface area contributed by atoms with Gasteiger partial charge in [-0.05, 0) is 48.7 Å². The van der Waals surface area contributed by atoms with Crippen LogP contribution in [-0.4, -0.2) is 29.1 Å². The number of hydrogen-bond acceptors (Lipinski definition) is 2. The molecule has 1 aromatic heterocycles. The molecule has 0 atom stereocenters. The summed E-state index contributed by atoms with van der Waals surface area (Å²) >= 11 is 0. The standard InChI is InChI=1S/C20H18F3N3O2/c1-13-10-15-4-2-3-5-17(15)26(13)11-18(27)25-16-8-6-14(7-9-16)19(28)24-12-20(21,22)23/h2-10H,11-12H2,1H3,(H,24,28)(H,25,27). The van der Waals surface area contributed by atoms with Crippen molar-refractivity contribution in [1.82, 2.24) is 9.88 Å². The van der Waals surface area contributed by atoms with Crippen LogP contribution in [0, 0.1) is 6.92 Å². The first-order valence-corrected chi connectivity index (χ1v) is 8.53. The van der Waals surface area contributed by atoms with Crippen LogP contribution in [0.4, 0.5) is 18.9 Å². The number of benzene rings is 2. The fourth-order valence-electron chi connectivity index (χ4n) is 2.89. The normalized spacial score (nSPS) is 11.4. The molecule has 1 heterocycles. The summed E-state index contributed by atoms with van der Waals surface area (Å²) in [5, 5.41) is 5.56. The molecule has 3 rings (SSSR count). The fourth-order valence-corrected chi connectivity index (χ4v) is 2.89. The predicted octanol–water partition coefficient (Wildman–Crippen LogP) is 3.88. The van der Waals surface area contributed by atoms with Crippen LogP contribution in [0.15, 0.2) is 54.6 Å². The molecule has 3 aromatic rings. The average molecular weight is 389 g/mol. The first-order chi connectivity index (χ1) is 13.2. The van der Waals surface area contributed by atoms with Crippen molar-refractivity contribution in [3.05, 3.63) is 65.9 Å². The molecular weight excluding hydrogens is 371 g/mol. The Morgan fingerprint density at radius 1 is 1.04 bits per heavy atom. The monoisotopic (exact) mass is 389 g/mol. The Morgan fingerprint density at radius 2 is 1.71 bits per heavy atom. The quantitative estimate of drug-likeness (QED) is 0.696. The van der Waals surface area contributed by atoms with Crippen LogP contribution in [0.25, 0.3) is 10.9 Å². The Hall–Kier alpha value is -3.29. The van der Waals surface area contributed by atoms with Crippen molar-refractivity contribution in [1.29, 1.82) is 0 Å². The Bertz CT molecular complexity index is 1010. The first kappa shape index (κ1) is 19.5. The van der Waals surface area contributed by atoms with Crippen LogP contribution in [0.3, 0.4) is 0 Å². The number of rotatable bonds is 5. The number of aryl methyl sites for hydroxylation is 1. The number of nitrogens with one attached hydrogen (secondary N) is 2. The van der Waals surface area contributed by atoms with E-state index in [0.717, 1.165) is 16.6 Å². The van der Waals surface area contributed by atoms with Gasteiger partial charge in [0.1, 0.15) is 13.1 Å². The van der Waals surface area contributed by atoms with Crippen molar-refractivity contribution in [2.75, 3.05) is 11.9 Å². The average Bonchev–Trinajstić information content (AvgIpc) is 2.95. The third-order valence-corrected chi connectivity index (χ3v) is 4.20. The molecular formula is C20H18F3N3O2. The molecule has 0 saturated heterocycles. The molecule has 28 heavy (non-hydrogen) atoms. The van der Waals surface area contributed by atoms with Crippen molar-refractivity contribution in [2.45, 2.75) is 19.6 Å².